The number of benzene rings is 3. The SMILES string of the molecule is CCCCCCCCCc1ccc([S+](c2ccccc2)c2ccccc2)cc1.O=S(=O)([O-])C(F)(F)F. The van der Waals surface area contributed by atoms with Crippen LogP contribution in [0.5, 0.6) is 0 Å². The summed E-state index contributed by atoms with van der Waals surface area (Å²) in [6.07, 6.45) is 10.8. The summed E-state index contributed by atoms with van der Waals surface area (Å²) in [5.41, 5.74) is -4.17. The van der Waals surface area contributed by atoms with E-state index in [0.29, 0.717) is 0 Å². The molecule has 36 heavy (non-hydrogen) atoms. The van der Waals surface area contributed by atoms with Crippen molar-refractivity contribution in [2.75, 3.05) is 0 Å². The van der Waals surface area contributed by atoms with Gasteiger partial charge in [-0.2, -0.15) is 13.2 Å². The number of halogens is 3. The molecule has 0 N–H and O–H groups in total. The van der Waals surface area contributed by atoms with Crippen molar-refractivity contribution in [2.24, 2.45) is 0 Å². The number of hydrogen-bond acceptors (Lipinski definition) is 3. The van der Waals surface area contributed by atoms with E-state index in [0.717, 1.165) is 0 Å². The number of hydrogen-bond donors (Lipinski definition) is 0. The number of unbranched alkanes of at least 4 members (excludes halogenated alkanes) is 6. The molecule has 0 saturated carbocycles. The third kappa shape index (κ3) is 10.4. The third-order valence-electron chi connectivity index (χ3n) is 5.47. The van der Waals surface area contributed by atoms with Gasteiger partial charge in [0.1, 0.15) is 0 Å². The molecule has 0 saturated heterocycles. The first kappa shape index (κ1) is 29.9. The fourth-order valence-corrected chi connectivity index (χ4v) is 5.68. The summed E-state index contributed by atoms with van der Waals surface area (Å²) < 4.78 is 58.9. The van der Waals surface area contributed by atoms with Gasteiger partial charge < -0.3 is 4.55 Å². The Morgan fingerprint density at radius 1 is 0.667 bits per heavy atom. The van der Waals surface area contributed by atoms with Crippen LogP contribution in [-0.4, -0.2) is 18.5 Å². The summed E-state index contributed by atoms with van der Waals surface area (Å²) in [5.74, 6) is 0. The van der Waals surface area contributed by atoms with Crippen LogP contribution in [0.3, 0.4) is 0 Å². The quantitative estimate of drug-likeness (QED) is 0.107. The van der Waals surface area contributed by atoms with Crippen LogP contribution in [0.15, 0.2) is 99.6 Å². The Labute approximate surface area is 215 Å². The molecule has 0 aliphatic rings. The van der Waals surface area contributed by atoms with E-state index in [4.69, 9.17) is 13.0 Å². The molecule has 3 nitrogen and oxygen atoms in total. The lowest BCUT2D eigenvalue weighted by atomic mass is 10.0. The highest BCUT2D eigenvalue weighted by Crippen LogP contribution is 2.31. The van der Waals surface area contributed by atoms with Gasteiger partial charge in [0.15, 0.2) is 24.8 Å². The van der Waals surface area contributed by atoms with Crippen LogP contribution in [0.4, 0.5) is 13.2 Å². The third-order valence-corrected chi connectivity index (χ3v) is 8.27. The Morgan fingerprint density at radius 3 is 1.47 bits per heavy atom. The summed E-state index contributed by atoms with van der Waals surface area (Å²) in [6, 6.07) is 31.2. The van der Waals surface area contributed by atoms with Gasteiger partial charge in [-0.15, -0.1) is 0 Å². The molecule has 0 heterocycles. The average molecular weight is 539 g/mol. The van der Waals surface area contributed by atoms with Crippen LogP contribution in [0.25, 0.3) is 0 Å². The van der Waals surface area contributed by atoms with Crippen LogP contribution in [0.1, 0.15) is 57.4 Å². The van der Waals surface area contributed by atoms with Crippen molar-refractivity contribution in [3.63, 3.8) is 0 Å². The van der Waals surface area contributed by atoms with E-state index < -0.39 is 15.6 Å². The Kier molecular flexibility index (Phi) is 12.5. The van der Waals surface area contributed by atoms with Gasteiger partial charge >= 0.3 is 5.51 Å². The molecule has 0 aliphatic heterocycles. The van der Waals surface area contributed by atoms with E-state index in [1.807, 2.05) is 0 Å². The minimum absolute atomic E-state index is 0.0351. The fourth-order valence-electron chi connectivity index (χ4n) is 3.60. The van der Waals surface area contributed by atoms with Gasteiger partial charge in [0.2, 0.25) is 0 Å². The highest BCUT2D eigenvalue weighted by Gasteiger charge is 2.37. The van der Waals surface area contributed by atoms with Crippen LogP contribution < -0.4 is 0 Å². The van der Waals surface area contributed by atoms with Crippen molar-refractivity contribution in [1.82, 2.24) is 0 Å². The van der Waals surface area contributed by atoms with Gasteiger partial charge in [0.25, 0.3) is 0 Å². The van der Waals surface area contributed by atoms with Crippen molar-refractivity contribution < 1.29 is 26.1 Å². The van der Waals surface area contributed by atoms with Crippen molar-refractivity contribution in [2.45, 2.75) is 78.5 Å². The molecular weight excluding hydrogens is 505 g/mol. The van der Waals surface area contributed by atoms with Gasteiger partial charge in [-0.05, 0) is 54.8 Å². The topological polar surface area (TPSA) is 57.2 Å². The molecule has 0 spiro atoms. The summed E-state index contributed by atoms with van der Waals surface area (Å²) >= 11 is 0. The van der Waals surface area contributed by atoms with Crippen molar-refractivity contribution in [3.8, 4) is 0 Å². The predicted octanol–water partition coefficient (Wildman–Crippen LogP) is 8.13. The average Bonchev–Trinajstić information content (AvgIpc) is 2.85. The van der Waals surface area contributed by atoms with Gasteiger partial charge in [0, 0.05) is 0 Å². The molecule has 3 aromatic carbocycles. The molecule has 3 aromatic rings. The van der Waals surface area contributed by atoms with Gasteiger partial charge in [-0.3, -0.25) is 0 Å². The van der Waals surface area contributed by atoms with E-state index >= 15 is 0 Å². The van der Waals surface area contributed by atoms with Crippen molar-refractivity contribution >= 4 is 21.0 Å². The monoisotopic (exact) mass is 538 g/mol. The molecule has 0 atom stereocenters. The summed E-state index contributed by atoms with van der Waals surface area (Å²) in [4.78, 5) is 4.17. The zero-order valence-corrected chi connectivity index (χ0v) is 22.0. The van der Waals surface area contributed by atoms with E-state index in [1.165, 1.54) is 71.6 Å². The predicted molar refractivity (Wildman–Crippen MR) is 139 cm³/mol. The summed E-state index contributed by atoms with van der Waals surface area (Å²) in [7, 11) is -6.13. The zero-order chi connectivity index (χ0) is 26.4. The summed E-state index contributed by atoms with van der Waals surface area (Å²) in [6.45, 7) is 2.28. The molecular formula is C28H33F3O3S2. The molecule has 3 rings (SSSR count). The number of rotatable bonds is 11. The molecule has 0 amide bonds. The molecule has 0 unspecified atom stereocenters. The standard InChI is InChI=1S/C27H33S.CHF3O3S/c1-2-3-4-5-6-7-10-15-24-20-22-27(23-21-24)28(25-16-11-8-12-17-25)26-18-13-9-14-19-26;2-1(3,4)8(5,6)7/h8-9,11-14,16-23H,2-7,10,15H2,1H3;(H,5,6,7)/q+1;/p-1. The number of alkyl halides is 3. The molecule has 0 aliphatic carbocycles. The minimum Gasteiger partial charge on any atom is -0.741 e. The van der Waals surface area contributed by atoms with Crippen LogP contribution in [0, 0.1) is 0 Å². The Balaban J connectivity index is 0.000000493. The van der Waals surface area contributed by atoms with E-state index in [9.17, 15) is 13.2 Å². The second kappa shape index (κ2) is 15.1. The summed E-state index contributed by atoms with van der Waals surface area (Å²) in [5, 5.41) is 0. The Bertz CT molecular complexity index is 1060. The van der Waals surface area contributed by atoms with E-state index in [-0.39, 0.29) is 10.9 Å². The Hall–Kier alpha value is -2.29. The first-order chi connectivity index (χ1) is 17.1. The maximum atomic E-state index is 10.7. The van der Waals surface area contributed by atoms with Crippen LogP contribution in [0.2, 0.25) is 0 Å². The second-order valence-corrected chi connectivity index (χ2v) is 11.7. The van der Waals surface area contributed by atoms with Crippen LogP contribution >= 0.6 is 0 Å². The molecule has 0 bridgehead atoms. The molecule has 196 valence electrons. The fraction of sp³-hybridized carbons (Fsp3) is 0.357. The maximum absolute atomic E-state index is 10.7. The highest BCUT2D eigenvalue weighted by molar-refractivity contribution is 7.97. The lowest BCUT2D eigenvalue weighted by molar-refractivity contribution is -0.0517. The Morgan fingerprint density at radius 2 is 1.06 bits per heavy atom. The maximum Gasteiger partial charge on any atom is 0.485 e. The van der Waals surface area contributed by atoms with Gasteiger partial charge in [-0.25, -0.2) is 8.42 Å². The van der Waals surface area contributed by atoms with E-state index in [2.05, 4.69) is 91.9 Å². The largest absolute Gasteiger partial charge is 0.741 e. The van der Waals surface area contributed by atoms with Gasteiger partial charge in [-0.1, -0.05) is 94.0 Å². The smallest absolute Gasteiger partial charge is 0.485 e. The van der Waals surface area contributed by atoms with E-state index in [1.54, 1.807) is 0 Å². The van der Waals surface area contributed by atoms with Crippen LogP contribution in [-0.2, 0) is 27.4 Å². The lowest BCUT2D eigenvalue weighted by Crippen LogP contribution is -2.21. The lowest BCUT2D eigenvalue weighted by Gasteiger charge is -2.09. The normalized spacial score (nSPS) is 11.7. The molecule has 8 heteroatoms. The first-order valence-electron chi connectivity index (χ1n) is 12.1. The minimum atomic E-state index is -6.09. The van der Waals surface area contributed by atoms with Crippen molar-refractivity contribution in [1.29, 1.82) is 0 Å². The highest BCUT2D eigenvalue weighted by atomic mass is 32.2. The second-order valence-electron chi connectivity index (χ2n) is 8.35. The van der Waals surface area contributed by atoms with Crippen molar-refractivity contribution in [3.05, 3.63) is 90.5 Å². The zero-order valence-electron chi connectivity index (χ0n) is 20.4. The molecule has 0 aromatic heterocycles. The number of aryl methyl sites for hydroxylation is 1. The first-order valence-corrected chi connectivity index (χ1v) is 14.7. The van der Waals surface area contributed by atoms with Gasteiger partial charge in [0.05, 0.1) is 10.9 Å². The molecule has 0 radical (unpaired) electrons. The molecule has 0 fully saturated rings.